The Kier molecular flexibility index (Phi) is 9.61. The van der Waals surface area contributed by atoms with Gasteiger partial charge in [0.25, 0.3) is 0 Å². The van der Waals surface area contributed by atoms with E-state index in [0.717, 1.165) is 22.8 Å². The van der Waals surface area contributed by atoms with Crippen molar-refractivity contribution in [2.75, 3.05) is 32.9 Å². The lowest BCUT2D eigenvalue weighted by molar-refractivity contribution is -0.118. The van der Waals surface area contributed by atoms with Gasteiger partial charge in [-0.3, -0.25) is 9.78 Å². The lowest BCUT2D eigenvalue weighted by Gasteiger charge is -2.17. The molecular weight excluding hydrogens is 556 g/mol. The molecule has 41 heavy (non-hydrogen) atoms. The van der Waals surface area contributed by atoms with Gasteiger partial charge in [-0.2, -0.15) is 0 Å². The van der Waals surface area contributed by atoms with Gasteiger partial charge in [-0.15, -0.1) is 10.5 Å². The van der Waals surface area contributed by atoms with Crippen LogP contribution in [0.5, 0.6) is 5.75 Å². The topological polar surface area (TPSA) is 84.6 Å². The number of amides is 1. The number of rotatable bonds is 11. The van der Waals surface area contributed by atoms with E-state index in [1.807, 2.05) is 69.0 Å². The van der Waals surface area contributed by atoms with Crippen molar-refractivity contribution in [3.8, 4) is 5.75 Å². The van der Waals surface area contributed by atoms with Crippen LogP contribution in [0, 0.1) is 0 Å². The highest BCUT2D eigenvalue weighted by atomic mass is 35.5. The van der Waals surface area contributed by atoms with Gasteiger partial charge in [0, 0.05) is 37.8 Å². The number of hydrogen-bond donors (Lipinski definition) is 1. The van der Waals surface area contributed by atoms with E-state index in [1.54, 1.807) is 12.3 Å². The largest absolute Gasteiger partial charge is 0.486 e. The Hall–Kier alpha value is -3.79. The maximum absolute atomic E-state index is 12.8. The van der Waals surface area contributed by atoms with Crippen molar-refractivity contribution < 1.29 is 9.53 Å². The minimum atomic E-state index is -0.369. The highest BCUT2D eigenvalue weighted by molar-refractivity contribution is 8.15. The first-order chi connectivity index (χ1) is 20.0. The fourth-order valence-corrected chi connectivity index (χ4v) is 6.73. The van der Waals surface area contributed by atoms with E-state index in [2.05, 4.69) is 37.3 Å². The molecule has 0 spiro atoms. The minimum absolute atomic E-state index is 0.0499. The van der Waals surface area contributed by atoms with Crippen molar-refractivity contribution in [2.45, 2.75) is 24.6 Å². The summed E-state index contributed by atoms with van der Waals surface area (Å²) in [7, 11) is 3.62. The monoisotopic (exact) mass is 588 g/mol. The third kappa shape index (κ3) is 7.70. The second kappa shape index (κ2) is 13.7. The Morgan fingerprint density at radius 1 is 1.12 bits per heavy atom. The van der Waals surface area contributed by atoms with Crippen molar-refractivity contribution >= 4 is 39.0 Å². The number of nitrogens with one attached hydrogen (secondary N) is 1. The summed E-state index contributed by atoms with van der Waals surface area (Å²) in [5.41, 5.74) is 4.36. The maximum atomic E-state index is 12.8. The Balaban J connectivity index is 1.41. The first kappa shape index (κ1) is 28.7. The maximum Gasteiger partial charge on any atom is 0.229 e. The van der Waals surface area contributed by atoms with E-state index in [0.29, 0.717) is 53.8 Å². The van der Waals surface area contributed by atoms with Gasteiger partial charge in [-0.1, -0.05) is 53.4 Å². The first-order valence-electron chi connectivity index (χ1n) is 13.4. The van der Waals surface area contributed by atoms with Crippen LogP contribution in [0.25, 0.3) is 0 Å². The molecule has 0 fully saturated rings. The second-order valence-electron chi connectivity index (χ2n) is 9.90. The molecule has 5 rings (SSSR count). The summed E-state index contributed by atoms with van der Waals surface area (Å²) in [6.07, 6.45) is 4.26. The summed E-state index contributed by atoms with van der Waals surface area (Å²) in [5.74, 6) is 1.03. The molecule has 0 saturated heterocycles. The Bertz CT molecular complexity index is 1610. The molecule has 1 unspecified atom stereocenters. The molecule has 1 amide bonds. The normalized spacial score (nSPS) is 14.5. The van der Waals surface area contributed by atoms with E-state index < -0.39 is 0 Å². The van der Waals surface area contributed by atoms with Gasteiger partial charge in [0.2, 0.25) is 5.91 Å². The SMILES string of the molecule is CN(C)CCNC(=O)CS1=CCc2c1n(Cc1ccccc1)cnc2=Nc1ccc(OCc2ccccn2)c(Cl)c1. The van der Waals surface area contributed by atoms with Crippen molar-refractivity contribution in [3.05, 3.63) is 107 Å². The highest BCUT2D eigenvalue weighted by Crippen LogP contribution is 2.34. The number of hydrogen-bond acceptors (Lipinski definition) is 6. The van der Waals surface area contributed by atoms with Crippen LogP contribution < -0.4 is 15.5 Å². The molecule has 1 aliphatic heterocycles. The van der Waals surface area contributed by atoms with E-state index in [9.17, 15) is 4.79 Å². The number of likely N-dealkylation sites (N-methyl/N-ethyl adjacent to an activating group) is 1. The molecule has 3 heterocycles. The predicted molar refractivity (Wildman–Crippen MR) is 165 cm³/mol. The molecule has 1 N–H and O–H groups in total. The zero-order valence-electron chi connectivity index (χ0n) is 23.2. The van der Waals surface area contributed by atoms with E-state index in [1.165, 1.54) is 5.56 Å². The smallest absolute Gasteiger partial charge is 0.229 e. The van der Waals surface area contributed by atoms with Gasteiger partial charge in [-0.25, -0.2) is 9.98 Å². The Labute approximate surface area is 247 Å². The molecule has 212 valence electrons. The van der Waals surface area contributed by atoms with Gasteiger partial charge in [0.15, 0.2) is 5.49 Å². The number of benzene rings is 2. The molecule has 2 aromatic carbocycles. The van der Waals surface area contributed by atoms with E-state index >= 15 is 0 Å². The number of carbonyl (C=O) groups excluding carboxylic acids is 1. The molecule has 1 aliphatic rings. The van der Waals surface area contributed by atoms with Crippen molar-refractivity contribution in [3.63, 3.8) is 0 Å². The third-order valence-corrected chi connectivity index (χ3v) is 8.88. The summed E-state index contributed by atoms with van der Waals surface area (Å²) in [6.45, 7) is 2.42. The number of fused-ring (bicyclic) bond motifs is 1. The lowest BCUT2D eigenvalue weighted by atomic mass is 10.2. The van der Waals surface area contributed by atoms with Gasteiger partial charge in [0.05, 0.1) is 33.5 Å². The molecule has 8 nitrogen and oxygen atoms in total. The number of halogens is 1. The average molecular weight is 589 g/mol. The van der Waals surface area contributed by atoms with Crippen LogP contribution in [-0.4, -0.2) is 63.6 Å². The molecule has 0 bridgehead atoms. The molecule has 1 atom stereocenters. The van der Waals surface area contributed by atoms with Gasteiger partial charge < -0.3 is 19.5 Å². The third-order valence-electron chi connectivity index (χ3n) is 6.46. The molecular formula is C31H33ClN6O2S. The molecule has 0 radical (unpaired) electrons. The second-order valence-corrected chi connectivity index (χ2v) is 12.2. The molecule has 0 aliphatic carbocycles. The highest BCUT2D eigenvalue weighted by Gasteiger charge is 2.22. The van der Waals surface area contributed by atoms with Crippen LogP contribution in [-0.2, 0) is 24.4 Å². The summed E-state index contributed by atoms with van der Waals surface area (Å²) < 4.78 is 8.02. The van der Waals surface area contributed by atoms with Crippen molar-refractivity contribution in [1.82, 2.24) is 24.8 Å². The average Bonchev–Trinajstić information content (AvgIpc) is 3.39. The molecule has 10 heteroatoms. The van der Waals surface area contributed by atoms with E-state index in [-0.39, 0.29) is 16.4 Å². The summed E-state index contributed by atoms with van der Waals surface area (Å²) in [4.78, 5) is 28.8. The number of ether oxygens (including phenoxy) is 1. The standard InChI is InChI=1S/C31H33ClN6O2S/c1-37(2)16-15-34-29(39)21-41-17-13-26-30(35-22-38(31(26)41)19-23-8-4-3-5-9-23)36-24-11-12-28(27(32)18-24)40-20-25-10-6-7-14-33-25/h3-12,14,17-18,22H,13,15-16,19-21H2,1-2H3,(H,34,39). The molecule has 2 aromatic heterocycles. The number of pyridine rings is 1. The van der Waals surface area contributed by atoms with E-state index in [4.69, 9.17) is 26.3 Å². The fraction of sp³-hybridized carbons (Fsp3) is 0.258. The Morgan fingerprint density at radius 3 is 2.71 bits per heavy atom. The van der Waals surface area contributed by atoms with Crippen LogP contribution in [0.2, 0.25) is 5.02 Å². The zero-order chi connectivity index (χ0) is 28.6. The number of carbonyl (C=O) groups is 1. The summed E-state index contributed by atoms with van der Waals surface area (Å²) in [5, 5.41) is 6.85. The van der Waals surface area contributed by atoms with Crippen LogP contribution in [0.15, 0.2) is 89.3 Å². The number of nitrogens with zero attached hydrogens (tertiary/aromatic N) is 5. The van der Waals surface area contributed by atoms with Crippen LogP contribution >= 0.6 is 22.1 Å². The first-order valence-corrected chi connectivity index (χ1v) is 15.2. The summed E-state index contributed by atoms with van der Waals surface area (Å²) >= 11 is 6.55. The van der Waals surface area contributed by atoms with Gasteiger partial charge in [-0.05, 0) is 50.0 Å². The number of aromatic nitrogens is 3. The summed E-state index contributed by atoms with van der Waals surface area (Å²) in [6, 6.07) is 21.4. The predicted octanol–water partition coefficient (Wildman–Crippen LogP) is 4.46. The fourth-order valence-electron chi connectivity index (χ4n) is 4.44. The van der Waals surface area contributed by atoms with Crippen LogP contribution in [0.1, 0.15) is 16.8 Å². The quantitative estimate of drug-likeness (QED) is 0.207. The van der Waals surface area contributed by atoms with Crippen molar-refractivity contribution in [1.29, 1.82) is 0 Å². The lowest BCUT2D eigenvalue weighted by Crippen LogP contribution is -2.32. The molecule has 0 saturated carbocycles. The van der Waals surface area contributed by atoms with Crippen LogP contribution in [0.4, 0.5) is 5.69 Å². The van der Waals surface area contributed by atoms with Crippen molar-refractivity contribution in [2.24, 2.45) is 4.99 Å². The van der Waals surface area contributed by atoms with Gasteiger partial charge in [0.1, 0.15) is 12.4 Å². The molecule has 4 aromatic rings. The van der Waals surface area contributed by atoms with Crippen LogP contribution in [0.3, 0.4) is 0 Å². The zero-order valence-corrected chi connectivity index (χ0v) is 24.7. The minimum Gasteiger partial charge on any atom is -0.486 e. The Morgan fingerprint density at radius 2 is 1.95 bits per heavy atom. The van der Waals surface area contributed by atoms with Gasteiger partial charge >= 0.3 is 0 Å².